The van der Waals surface area contributed by atoms with Gasteiger partial charge in [0.25, 0.3) is 5.91 Å². The molecule has 1 aromatic carbocycles. The molecule has 22 heavy (non-hydrogen) atoms. The molecule has 2 heterocycles. The number of nitrogens with zero attached hydrogens (tertiary/aromatic N) is 1. The molecule has 0 unspecified atom stereocenters. The van der Waals surface area contributed by atoms with Crippen LogP contribution in [-0.4, -0.2) is 39.6 Å². The normalized spacial score (nSPS) is 19.0. The molecule has 0 bridgehead atoms. The quantitative estimate of drug-likeness (QED) is 0.901. The summed E-state index contributed by atoms with van der Waals surface area (Å²) >= 11 is 3.45. The first kappa shape index (κ1) is 15.8. The fourth-order valence-corrected chi connectivity index (χ4v) is 4.72. The van der Waals surface area contributed by atoms with Crippen LogP contribution in [0.15, 0.2) is 24.3 Å². The Morgan fingerprint density at radius 3 is 2.86 bits per heavy atom. The van der Waals surface area contributed by atoms with Crippen LogP contribution in [0.3, 0.4) is 0 Å². The van der Waals surface area contributed by atoms with E-state index in [-0.39, 0.29) is 11.8 Å². The zero-order chi connectivity index (χ0) is 15.6. The molecule has 6 heteroatoms. The minimum atomic E-state index is -1.18. The van der Waals surface area contributed by atoms with E-state index in [4.69, 9.17) is 0 Å². The van der Waals surface area contributed by atoms with Gasteiger partial charge in [-0.3, -0.25) is 4.79 Å². The number of aromatic nitrogens is 1. The van der Waals surface area contributed by atoms with Gasteiger partial charge in [0.2, 0.25) is 0 Å². The number of aliphatic hydroxyl groups is 1. The lowest BCUT2D eigenvalue weighted by Gasteiger charge is -2.30. The van der Waals surface area contributed by atoms with Crippen molar-refractivity contribution in [3.8, 4) is 0 Å². The average Bonchev–Trinajstić information content (AvgIpc) is 2.97. The number of para-hydroxylation sites is 1. The highest BCUT2D eigenvalue weighted by Crippen LogP contribution is 2.29. The van der Waals surface area contributed by atoms with Crippen LogP contribution in [0.25, 0.3) is 10.2 Å². The van der Waals surface area contributed by atoms with Crippen LogP contribution in [0.5, 0.6) is 0 Å². The maximum absolute atomic E-state index is 12.2. The van der Waals surface area contributed by atoms with Gasteiger partial charge in [0, 0.05) is 12.5 Å². The number of nitrogens with one attached hydrogen (secondary N) is 1. The number of fused-ring (bicyclic) bond motifs is 1. The van der Waals surface area contributed by atoms with Gasteiger partial charge in [-0.2, -0.15) is 11.8 Å². The molecule has 1 saturated heterocycles. The molecule has 4 nitrogen and oxygen atoms in total. The molecule has 0 aliphatic carbocycles. The van der Waals surface area contributed by atoms with Crippen molar-refractivity contribution in [1.29, 1.82) is 0 Å². The molecule has 1 fully saturated rings. The van der Waals surface area contributed by atoms with Crippen LogP contribution in [0.1, 0.15) is 30.7 Å². The SMILES string of the molecule is C[C@H](CNC(=O)C1(O)CCSCC1)c1nc2ccccc2s1. The van der Waals surface area contributed by atoms with Crippen molar-refractivity contribution in [1.82, 2.24) is 10.3 Å². The van der Waals surface area contributed by atoms with Crippen molar-refractivity contribution < 1.29 is 9.90 Å². The van der Waals surface area contributed by atoms with Gasteiger partial charge in [-0.05, 0) is 36.5 Å². The first-order valence-electron chi connectivity index (χ1n) is 7.52. The van der Waals surface area contributed by atoms with Crippen molar-refractivity contribution in [2.24, 2.45) is 0 Å². The lowest BCUT2D eigenvalue weighted by atomic mass is 9.95. The van der Waals surface area contributed by atoms with E-state index >= 15 is 0 Å². The third-order valence-corrected chi connectivity index (χ3v) is 6.30. The molecule has 1 atom stereocenters. The van der Waals surface area contributed by atoms with Crippen molar-refractivity contribution in [3.63, 3.8) is 0 Å². The van der Waals surface area contributed by atoms with E-state index in [1.165, 1.54) is 4.70 Å². The Balaban J connectivity index is 1.61. The maximum atomic E-state index is 12.2. The first-order valence-corrected chi connectivity index (χ1v) is 9.49. The van der Waals surface area contributed by atoms with Crippen LogP contribution >= 0.6 is 23.1 Å². The predicted octanol–water partition coefficient (Wildman–Crippen LogP) is 2.77. The monoisotopic (exact) mass is 336 g/mol. The van der Waals surface area contributed by atoms with Gasteiger partial charge in [0.15, 0.2) is 0 Å². The summed E-state index contributed by atoms with van der Waals surface area (Å²) in [5.41, 5.74) is -0.179. The summed E-state index contributed by atoms with van der Waals surface area (Å²) in [6.07, 6.45) is 1.08. The maximum Gasteiger partial charge on any atom is 0.252 e. The molecule has 2 aromatic rings. The second-order valence-electron chi connectivity index (χ2n) is 5.77. The fourth-order valence-electron chi connectivity index (χ4n) is 2.53. The second kappa shape index (κ2) is 6.56. The highest BCUT2D eigenvalue weighted by molar-refractivity contribution is 7.99. The van der Waals surface area contributed by atoms with Crippen molar-refractivity contribution >= 4 is 39.2 Å². The Morgan fingerprint density at radius 1 is 1.41 bits per heavy atom. The number of thiazole rings is 1. The molecular formula is C16H20N2O2S2. The van der Waals surface area contributed by atoms with Crippen LogP contribution in [-0.2, 0) is 4.79 Å². The van der Waals surface area contributed by atoms with Crippen LogP contribution in [0.2, 0.25) is 0 Å². The third-order valence-electron chi connectivity index (χ3n) is 4.04. The van der Waals surface area contributed by atoms with Gasteiger partial charge in [0.1, 0.15) is 5.60 Å². The van der Waals surface area contributed by atoms with Gasteiger partial charge in [0.05, 0.1) is 15.2 Å². The standard InChI is InChI=1S/C16H20N2O2S2/c1-11(14-18-12-4-2-3-5-13(12)22-14)10-17-15(19)16(20)6-8-21-9-7-16/h2-5,11,20H,6-10H2,1H3,(H,17,19)/t11-/m1/s1. The summed E-state index contributed by atoms with van der Waals surface area (Å²) in [4.78, 5) is 16.9. The zero-order valence-electron chi connectivity index (χ0n) is 12.5. The molecule has 0 saturated carbocycles. The molecule has 2 N–H and O–H groups in total. The molecule has 3 rings (SSSR count). The Morgan fingerprint density at radius 2 is 2.14 bits per heavy atom. The predicted molar refractivity (Wildman–Crippen MR) is 92.6 cm³/mol. The second-order valence-corrected chi connectivity index (χ2v) is 8.06. The molecule has 1 aliphatic heterocycles. The van der Waals surface area contributed by atoms with E-state index in [0.717, 1.165) is 22.0 Å². The smallest absolute Gasteiger partial charge is 0.252 e. The summed E-state index contributed by atoms with van der Waals surface area (Å²) in [5.74, 6) is 1.60. The van der Waals surface area contributed by atoms with Crippen molar-refractivity contribution in [3.05, 3.63) is 29.3 Å². The Bertz CT molecular complexity index is 632. The van der Waals surface area contributed by atoms with Gasteiger partial charge in [-0.1, -0.05) is 19.1 Å². The summed E-state index contributed by atoms with van der Waals surface area (Å²) in [7, 11) is 0. The minimum absolute atomic E-state index is 0.142. The number of carbonyl (C=O) groups is 1. The van der Waals surface area contributed by atoms with E-state index < -0.39 is 5.60 Å². The van der Waals surface area contributed by atoms with E-state index in [1.807, 2.05) is 18.2 Å². The number of hydrogen-bond acceptors (Lipinski definition) is 5. The third kappa shape index (κ3) is 3.29. The largest absolute Gasteiger partial charge is 0.380 e. The molecular weight excluding hydrogens is 316 g/mol. The van der Waals surface area contributed by atoms with E-state index in [9.17, 15) is 9.90 Å². The highest BCUT2D eigenvalue weighted by Gasteiger charge is 2.37. The number of amides is 1. The van der Waals surface area contributed by atoms with Gasteiger partial charge >= 0.3 is 0 Å². The number of thioether (sulfide) groups is 1. The van der Waals surface area contributed by atoms with Gasteiger partial charge in [-0.25, -0.2) is 4.98 Å². The lowest BCUT2D eigenvalue weighted by Crippen LogP contribution is -2.49. The summed E-state index contributed by atoms with van der Waals surface area (Å²) in [6, 6.07) is 8.05. The number of rotatable bonds is 4. The average molecular weight is 336 g/mol. The molecule has 118 valence electrons. The topological polar surface area (TPSA) is 62.2 Å². The first-order chi connectivity index (χ1) is 10.6. The summed E-state index contributed by atoms with van der Waals surface area (Å²) in [5, 5.41) is 14.3. The molecule has 1 amide bonds. The van der Waals surface area contributed by atoms with Crippen LogP contribution in [0, 0.1) is 0 Å². The molecule has 1 aromatic heterocycles. The van der Waals surface area contributed by atoms with Crippen molar-refractivity contribution in [2.75, 3.05) is 18.1 Å². The Labute approximate surface area is 138 Å². The fraction of sp³-hybridized carbons (Fsp3) is 0.500. The number of hydrogen-bond donors (Lipinski definition) is 2. The van der Waals surface area contributed by atoms with Gasteiger partial charge in [-0.15, -0.1) is 11.3 Å². The minimum Gasteiger partial charge on any atom is -0.380 e. The summed E-state index contributed by atoms with van der Waals surface area (Å²) < 4.78 is 1.17. The summed E-state index contributed by atoms with van der Waals surface area (Å²) in [6.45, 7) is 2.56. The van der Waals surface area contributed by atoms with Crippen LogP contribution in [0.4, 0.5) is 0 Å². The van der Waals surface area contributed by atoms with E-state index in [2.05, 4.69) is 23.3 Å². The Hall–Kier alpha value is -1.11. The molecule has 1 aliphatic rings. The van der Waals surface area contributed by atoms with Gasteiger partial charge < -0.3 is 10.4 Å². The Kier molecular flexibility index (Phi) is 4.70. The van der Waals surface area contributed by atoms with E-state index in [1.54, 1.807) is 23.1 Å². The van der Waals surface area contributed by atoms with Crippen LogP contribution < -0.4 is 5.32 Å². The number of carbonyl (C=O) groups excluding carboxylic acids is 1. The highest BCUT2D eigenvalue weighted by atomic mass is 32.2. The number of benzene rings is 1. The molecule has 0 spiro atoms. The lowest BCUT2D eigenvalue weighted by molar-refractivity contribution is -0.140. The van der Waals surface area contributed by atoms with Crippen molar-refractivity contribution in [2.45, 2.75) is 31.3 Å². The zero-order valence-corrected chi connectivity index (χ0v) is 14.2. The van der Waals surface area contributed by atoms with E-state index in [0.29, 0.717) is 19.4 Å². The molecule has 0 radical (unpaired) electrons.